The molecule has 0 atom stereocenters. The number of para-hydroxylation sites is 1. The molecule has 0 unspecified atom stereocenters. The number of amides is 2. The molecule has 5 nitrogen and oxygen atoms in total. The molecule has 1 aliphatic carbocycles. The summed E-state index contributed by atoms with van der Waals surface area (Å²) < 4.78 is 0. The predicted octanol–water partition coefficient (Wildman–Crippen LogP) is 5.80. The van der Waals surface area contributed by atoms with Gasteiger partial charge in [-0.1, -0.05) is 49.6 Å². The molecule has 2 amide bonds. The van der Waals surface area contributed by atoms with Crippen molar-refractivity contribution in [2.75, 3.05) is 23.3 Å². The van der Waals surface area contributed by atoms with Crippen molar-refractivity contribution in [3.63, 3.8) is 0 Å². The van der Waals surface area contributed by atoms with Crippen molar-refractivity contribution in [2.45, 2.75) is 57.9 Å². The lowest BCUT2D eigenvalue weighted by Crippen LogP contribution is -2.46. The zero-order chi connectivity index (χ0) is 21.2. The molecule has 1 saturated heterocycles. The maximum atomic E-state index is 13.3. The van der Waals surface area contributed by atoms with Crippen LogP contribution in [0.5, 0.6) is 0 Å². The number of aryl methyl sites for hydroxylation is 1. The first kappa shape index (κ1) is 20.1. The number of fused-ring (bicyclic) bond motifs is 1. The summed E-state index contributed by atoms with van der Waals surface area (Å²) in [7, 11) is 0. The van der Waals surface area contributed by atoms with Crippen LogP contribution in [0.15, 0.2) is 53.6 Å². The Morgan fingerprint density at radius 3 is 2.42 bits per heavy atom. The Labute approximate surface area is 185 Å². The first-order valence-corrected chi connectivity index (χ1v) is 11.8. The fourth-order valence-corrected chi connectivity index (χ4v) is 5.31. The van der Waals surface area contributed by atoms with Crippen molar-refractivity contribution >= 4 is 23.1 Å². The van der Waals surface area contributed by atoms with Crippen molar-refractivity contribution in [1.29, 1.82) is 0 Å². The second-order valence-electron chi connectivity index (χ2n) is 9.20. The van der Waals surface area contributed by atoms with Crippen molar-refractivity contribution in [1.82, 2.24) is 5.01 Å². The number of hydrazone groups is 1. The second kappa shape index (κ2) is 8.74. The highest BCUT2D eigenvalue weighted by molar-refractivity contribution is 6.11. The number of nitrogens with zero attached hydrogens (tertiary/aromatic N) is 3. The van der Waals surface area contributed by atoms with Gasteiger partial charge in [-0.3, -0.25) is 0 Å². The van der Waals surface area contributed by atoms with E-state index >= 15 is 0 Å². The van der Waals surface area contributed by atoms with Gasteiger partial charge in [0, 0.05) is 30.3 Å². The lowest BCUT2D eigenvalue weighted by Gasteiger charge is -2.37. The molecule has 1 saturated carbocycles. The van der Waals surface area contributed by atoms with E-state index in [0.29, 0.717) is 5.92 Å². The molecule has 1 N–H and O–H groups in total. The third-order valence-corrected chi connectivity index (χ3v) is 7.04. The molecule has 5 rings (SSSR count). The molecular formula is C26H32N4O. The predicted molar refractivity (Wildman–Crippen MR) is 127 cm³/mol. The first-order chi connectivity index (χ1) is 15.2. The fraction of sp³-hybridized carbons (Fsp3) is 0.462. The highest BCUT2D eigenvalue weighted by Crippen LogP contribution is 2.34. The summed E-state index contributed by atoms with van der Waals surface area (Å²) in [6.07, 6.45) is 8.01. The third kappa shape index (κ3) is 4.18. The van der Waals surface area contributed by atoms with Gasteiger partial charge in [-0.05, 0) is 56.4 Å². The summed E-state index contributed by atoms with van der Waals surface area (Å²) >= 11 is 0. The van der Waals surface area contributed by atoms with Gasteiger partial charge >= 0.3 is 6.03 Å². The van der Waals surface area contributed by atoms with Crippen LogP contribution in [0.2, 0.25) is 0 Å². The van der Waals surface area contributed by atoms with Gasteiger partial charge in [-0.25, -0.2) is 9.80 Å². The van der Waals surface area contributed by atoms with Crippen LogP contribution >= 0.6 is 0 Å². The number of benzene rings is 2. The Kier molecular flexibility index (Phi) is 5.66. The lowest BCUT2D eigenvalue weighted by atomic mass is 9.82. The fourth-order valence-electron chi connectivity index (χ4n) is 5.31. The zero-order valence-electron chi connectivity index (χ0n) is 18.4. The number of hydrogen-bond acceptors (Lipinski definition) is 3. The molecule has 0 bridgehead atoms. The number of hydrogen-bond donors (Lipinski definition) is 1. The molecule has 0 spiro atoms. The third-order valence-electron chi connectivity index (χ3n) is 7.04. The molecule has 0 radical (unpaired) electrons. The average molecular weight is 417 g/mol. The normalized spacial score (nSPS) is 20.7. The van der Waals surface area contributed by atoms with E-state index in [1.54, 1.807) is 5.01 Å². The summed E-state index contributed by atoms with van der Waals surface area (Å²) in [4.78, 5) is 15.7. The minimum atomic E-state index is -0.0872. The summed E-state index contributed by atoms with van der Waals surface area (Å²) in [5.74, 6) is 0.440. The quantitative estimate of drug-likeness (QED) is 0.688. The zero-order valence-corrected chi connectivity index (χ0v) is 18.4. The minimum absolute atomic E-state index is 0.0872. The average Bonchev–Trinajstić information content (AvgIpc) is 2.96. The van der Waals surface area contributed by atoms with Crippen LogP contribution < -0.4 is 10.2 Å². The molecule has 5 heteroatoms. The standard InChI is InChI=1S/C26H32N4O/c1-19-12-13-23-24(18-19)27-26(31)30(28-25(23)20-8-4-2-5-9-20)22-14-16-29(17-15-22)21-10-6-3-7-11-21/h3,6-7,10-13,18,20,22H,2,4-5,8-9,14-17H2,1H3,(H,27,31). The van der Waals surface area contributed by atoms with Crippen LogP contribution in [0.1, 0.15) is 56.1 Å². The molecule has 2 aliphatic heterocycles. The van der Waals surface area contributed by atoms with Crippen molar-refractivity contribution in [3.8, 4) is 0 Å². The van der Waals surface area contributed by atoms with E-state index in [0.717, 1.165) is 48.5 Å². The van der Waals surface area contributed by atoms with Crippen LogP contribution in [0.4, 0.5) is 16.2 Å². The maximum absolute atomic E-state index is 13.3. The van der Waals surface area contributed by atoms with Crippen LogP contribution in [-0.2, 0) is 0 Å². The topological polar surface area (TPSA) is 47.9 Å². The second-order valence-corrected chi connectivity index (χ2v) is 9.20. The molecule has 3 aliphatic rings. The Balaban J connectivity index is 1.41. The number of nitrogens with one attached hydrogen (secondary N) is 1. The van der Waals surface area contributed by atoms with Crippen molar-refractivity contribution in [3.05, 3.63) is 59.7 Å². The van der Waals surface area contributed by atoms with Crippen LogP contribution in [0, 0.1) is 12.8 Å². The summed E-state index contributed by atoms with van der Waals surface area (Å²) in [5.41, 5.74) is 5.55. The smallest absolute Gasteiger partial charge is 0.342 e. The number of carbonyl (C=O) groups is 1. The van der Waals surface area contributed by atoms with Gasteiger partial charge in [0.25, 0.3) is 0 Å². The van der Waals surface area contributed by atoms with Gasteiger partial charge in [0.1, 0.15) is 0 Å². The van der Waals surface area contributed by atoms with Crippen molar-refractivity contribution in [2.24, 2.45) is 11.0 Å². The summed E-state index contributed by atoms with van der Waals surface area (Å²) in [5, 5.41) is 10.1. The number of carbonyl (C=O) groups excluding carboxylic acids is 1. The molecule has 2 aromatic carbocycles. The molecule has 2 fully saturated rings. The maximum Gasteiger partial charge on any atom is 0.342 e. The molecule has 2 aromatic rings. The van der Waals surface area contributed by atoms with Gasteiger partial charge < -0.3 is 10.2 Å². The van der Waals surface area contributed by atoms with E-state index in [9.17, 15) is 4.79 Å². The molecule has 162 valence electrons. The molecule has 2 heterocycles. The van der Waals surface area contributed by atoms with E-state index in [1.807, 2.05) is 0 Å². The van der Waals surface area contributed by atoms with E-state index in [4.69, 9.17) is 5.10 Å². The van der Waals surface area contributed by atoms with Gasteiger partial charge in [-0.2, -0.15) is 5.10 Å². The number of piperidine rings is 1. The van der Waals surface area contributed by atoms with Gasteiger partial charge in [-0.15, -0.1) is 0 Å². The van der Waals surface area contributed by atoms with Gasteiger partial charge in [0.05, 0.1) is 17.4 Å². The first-order valence-electron chi connectivity index (χ1n) is 11.8. The Morgan fingerprint density at radius 2 is 1.68 bits per heavy atom. The van der Waals surface area contributed by atoms with E-state index in [1.165, 1.54) is 37.8 Å². The summed E-state index contributed by atoms with van der Waals surface area (Å²) in [6.45, 7) is 3.96. The number of rotatable bonds is 3. The Hall–Kier alpha value is -2.82. The molecule has 31 heavy (non-hydrogen) atoms. The number of urea groups is 1. The van der Waals surface area contributed by atoms with E-state index in [2.05, 4.69) is 65.7 Å². The number of anilines is 2. The van der Waals surface area contributed by atoms with Gasteiger partial charge in [0.15, 0.2) is 0 Å². The molecular weight excluding hydrogens is 384 g/mol. The van der Waals surface area contributed by atoms with Crippen molar-refractivity contribution < 1.29 is 4.79 Å². The Morgan fingerprint density at radius 1 is 0.935 bits per heavy atom. The van der Waals surface area contributed by atoms with E-state index < -0.39 is 0 Å². The Bertz CT molecular complexity index is 957. The highest BCUT2D eigenvalue weighted by atomic mass is 16.2. The van der Waals surface area contributed by atoms with E-state index in [-0.39, 0.29) is 12.1 Å². The highest BCUT2D eigenvalue weighted by Gasteiger charge is 2.33. The minimum Gasteiger partial charge on any atom is -0.371 e. The SMILES string of the molecule is Cc1ccc2c(c1)NC(=O)N(C1CCN(c3ccccc3)CC1)N=C2C1CCCCC1. The lowest BCUT2D eigenvalue weighted by molar-refractivity contribution is 0.178. The monoisotopic (exact) mass is 416 g/mol. The van der Waals surface area contributed by atoms with Crippen LogP contribution in [0.25, 0.3) is 0 Å². The van der Waals surface area contributed by atoms with Crippen LogP contribution in [0.3, 0.4) is 0 Å². The largest absolute Gasteiger partial charge is 0.371 e. The van der Waals surface area contributed by atoms with Gasteiger partial charge in [0.2, 0.25) is 0 Å². The summed E-state index contributed by atoms with van der Waals surface area (Å²) in [6, 6.07) is 17.0. The van der Waals surface area contributed by atoms with Crippen LogP contribution in [-0.4, -0.2) is 35.9 Å². The molecule has 0 aromatic heterocycles.